The third-order valence-corrected chi connectivity index (χ3v) is 5.06. The molecule has 0 aromatic rings. The first-order valence-electron chi connectivity index (χ1n) is 8.20. The lowest BCUT2D eigenvalue weighted by atomic mass is 10.1. The molecule has 4 nitrogen and oxygen atoms in total. The number of nitrogens with zero attached hydrogens (tertiary/aromatic N) is 2. The molecule has 3 saturated heterocycles. The Bertz CT molecular complexity index is 260. The predicted octanol–water partition coefficient (Wildman–Crippen LogP) is 0.925. The summed E-state index contributed by atoms with van der Waals surface area (Å²) < 4.78 is 5.59. The van der Waals surface area contributed by atoms with Gasteiger partial charge in [-0.3, -0.25) is 9.80 Å². The van der Waals surface area contributed by atoms with Crippen LogP contribution in [0.4, 0.5) is 0 Å². The first kappa shape index (κ1) is 13.8. The first-order valence-corrected chi connectivity index (χ1v) is 8.20. The van der Waals surface area contributed by atoms with Crippen LogP contribution in [0.15, 0.2) is 0 Å². The van der Waals surface area contributed by atoms with E-state index in [9.17, 15) is 0 Å². The molecule has 3 heterocycles. The van der Waals surface area contributed by atoms with E-state index in [4.69, 9.17) is 4.74 Å². The molecule has 0 saturated carbocycles. The Morgan fingerprint density at radius 3 is 2.58 bits per heavy atom. The molecule has 0 bridgehead atoms. The van der Waals surface area contributed by atoms with E-state index < -0.39 is 0 Å². The molecule has 0 aromatic heterocycles. The molecule has 2 atom stereocenters. The van der Waals surface area contributed by atoms with Crippen molar-refractivity contribution in [2.45, 2.75) is 44.2 Å². The van der Waals surface area contributed by atoms with Crippen molar-refractivity contribution in [2.75, 3.05) is 52.5 Å². The Labute approximate surface area is 117 Å². The van der Waals surface area contributed by atoms with E-state index in [1.165, 1.54) is 64.8 Å². The van der Waals surface area contributed by atoms with Crippen molar-refractivity contribution in [3.8, 4) is 0 Å². The van der Waals surface area contributed by atoms with E-state index in [0.717, 1.165) is 31.8 Å². The molecular weight excluding hydrogens is 238 g/mol. The fourth-order valence-corrected chi connectivity index (χ4v) is 3.91. The quantitative estimate of drug-likeness (QED) is 0.805. The topological polar surface area (TPSA) is 27.7 Å². The number of nitrogens with one attached hydrogen (secondary N) is 1. The van der Waals surface area contributed by atoms with Crippen molar-refractivity contribution >= 4 is 0 Å². The lowest BCUT2D eigenvalue weighted by molar-refractivity contribution is 0.126. The minimum atomic E-state index is 0.807. The van der Waals surface area contributed by atoms with Gasteiger partial charge in [0.1, 0.15) is 0 Å². The van der Waals surface area contributed by atoms with Gasteiger partial charge in [-0.15, -0.1) is 0 Å². The Kier molecular flexibility index (Phi) is 5.10. The SMILES string of the molecule is C1COCCN(C2CCCN(C3CCNC3)CC2)C1. The van der Waals surface area contributed by atoms with Crippen LogP contribution < -0.4 is 5.32 Å². The van der Waals surface area contributed by atoms with E-state index >= 15 is 0 Å². The molecule has 3 aliphatic rings. The minimum absolute atomic E-state index is 0.807. The summed E-state index contributed by atoms with van der Waals surface area (Å²) in [6.45, 7) is 9.33. The highest BCUT2D eigenvalue weighted by atomic mass is 16.5. The van der Waals surface area contributed by atoms with Crippen LogP contribution in [0.2, 0.25) is 0 Å². The lowest BCUT2D eigenvalue weighted by Crippen LogP contribution is -2.40. The van der Waals surface area contributed by atoms with Crippen LogP contribution in [0.3, 0.4) is 0 Å². The average Bonchev–Trinajstić information content (AvgIpc) is 2.69. The van der Waals surface area contributed by atoms with Gasteiger partial charge in [-0.1, -0.05) is 0 Å². The third-order valence-electron chi connectivity index (χ3n) is 5.06. The van der Waals surface area contributed by atoms with Crippen molar-refractivity contribution < 1.29 is 4.74 Å². The monoisotopic (exact) mass is 267 g/mol. The lowest BCUT2D eigenvalue weighted by Gasteiger charge is -2.30. The number of hydrogen-bond acceptors (Lipinski definition) is 4. The highest BCUT2D eigenvalue weighted by Gasteiger charge is 2.27. The van der Waals surface area contributed by atoms with Gasteiger partial charge in [0.2, 0.25) is 0 Å². The summed E-state index contributed by atoms with van der Waals surface area (Å²) in [7, 11) is 0. The Hall–Kier alpha value is -0.160. The molecule has 0 aromatic carbocycles. The summed E-state index contributed by atoms with van der Waals surface area (Å²) in [4.78, 5) is 5.44. The van der Waals surface area contributed by atoms with E-state index in [0.29, 0.717) is 0 Å². The van der Waals surface area contributed by atoms with Gasteiger partial charge in [0, 0.05) is 38.3 Å². The number of ether oxygens (including phenoxy) is 1. The van der Waals surface area contributed by atoms with E-state index in [1.807, 2.05) is 0 Å². The van der Waals surface area contributed by atoms with E-state index in [1.54, 1.807) is 0 Å². The fourth-order valence-electron chi connectivity index (χ4n) is 3.91. The number of hydrogen-bond donors (Lipinski definition) is 1. The molecule has 3 fully saturated rings. The van der Waals surface area contributed by atoms with Gasteiger partial charge in [0.15, 0.2) is 0 Å². The Balaban J connectivity index is 1.51. The minimum Gasteiger partial charge on any atom is -0.380 e. The Morgan fingerprint density at radius 2 is 1.68 bits per heavy atom. The summed E-state index contributed by atoms with van der Waals surface area (Å²) >= 11 is 0. The second-order valence-corrected chi connectivity index (χ2v) is 6.27. The largest absolute Gasteiger partial charge is 0.380 e. The van der Waals surface area contributed by atoms with Gasteiger partial charge >= 0.3 is 0 Å². The van der Waals surface area contributed by atoms with Crippen LogP contribution in [0.5, 0.6) is 0 Å². The summed E-state index contributed by atoms with van der Waals surface area (Å²) in [5.74, 6) is 0. The molecule has 4 heteroatoms. The zero-order valence-electron chi connectivity index (χ0n) is 12.1. The maximum Gasteiger partial charge on any atom is 0.0593 e. The Morgan fingerprint density at radius 1 is 0.789 bits per heavy atom. The van der Waals surface area contributed by atoms with Crippen molar-refractivity contribution in [1.29, 1.82) is 0 Å². The summed E-state index contributed by atoms with van der Waals surface area (Å²) in [5, 5.41) is 3.50. The molecule has 3 rings (SSSR count). The number of likely N-dealkylation sites (tertiary alicyclic amines) is 1. The zero-order chi connectivity index (χ0) is 12.9. The zero-order valence-corrected chi connectivity index (χ0v) is 12.1. The second-order valence-electron chi connectivity index (χ2n) is 6.27. The normalized spacial score (nSPS) is 36.0. The highest BCUT2D eigenvalue weighted by Crippen LogP contribution is 2.21. The van der Waals surface area contributed by atoms with Gasteiger partial charge in [-0.25, -0.2) is 0 Å². The molecule has 19 heavy (non-hydrogen) atoms. The molecule has 0 amide bonds. The van der Waals surface area contributed by atoms with Crippen molar-refractivity contribution in [3.63, 3.8) is 0 Å². The molecular formula is C15H29N3O. The van der Waals surface area contributed by atoms with Crippen LogP contribution in [-0.4, -0.2) is 74.4 Å². The van der Waals surface area contributed by atoms with Crippen LogP contribution in [0, 0.1) is 0 Å². The maximum absolute atomic E-state index is 5.59. The van der Waals surface area contributed by atoms with Crippen LogP contribution in [0.1, 0.15) is 32.1 Å². The van der Waals surface area contributed by atoms with Crippen molar-refractivity contribution in [1.82, 2.24) is 15.1 Å². The molecule has 2 unspecified atom stereocenters. The van der Waals surface area contributed by atoms with E-state index in [-0.39, 0.29) is 0 Å². The molecule has 110 valence electrons. The second kappa shape index (κ2) is 7.02. The number of rotatable bonds is 2. The van der Waals surface area contributed by atoms with Gasteiger partial charge in [-0.05, 0) is 51.7 Å². The first-order chi connectivity index (χ1) is 9.43. The summed E-state index contributed by atoms with van der Waals surface area (Å²) in [6.07, 6.45) is 6.68. The van der Waals surface area contributed by atoms with Crippen LogP contribution in [0.25, 0.3) is 0 Å². The smallest absolute Gasteiger partial charge is 0.0593 e. The maximum atomic E-state index is 5.59. The van der Waals surface area contributed by atoms with Gasteiger partial charge in [0.25, 0.3) is 0 Å². The molecule has 0 radical (unpaired) electrons. The molecule has 3 aliphatic heterocycles. The van der Waals surface area contributed by atoms with Crippen LogP contribution >= 0.6 is 0 Å². The standard InChI is InChI=1S/C15H29N3O/c1-3-14(18-8-2-11-19-12-10-18)5-9-17(7-1)15-4-6-16-13-15/h14-16H,1-13H2. The van der Waals surface area contributed by atoms with Gasteiger partial charge in [-0.2, -0.15) is 0 Å². The highest BCUT2D eigenvalue weighted by molar-refractivity contribution is 4.85. The van der Waals surface area contributed by atoms with Gasteiger partial charge < -0.3 is 10.1 Å². The summed E-state index contributed by atoms with van der Waals surface area (Å²) in [6, 6.07) is 1.62. The van der Waals surface area contributed by atoms with Crippen LogP contribution in [-0.2, 0) is 4.74 Å². The van der Waals surface area contributed by atoms with E-state index in [2.05, 4.69) is 15.1 Å². The van der Waals surface area contributed by atoms with Crippen molar-refractivity contribution in [2.24, 2.45) is 0 Å². The third kappa shape index (κ3) is 3.69. The molecule has 1 N–H and O–H groups in total. The fraction of sp³-hybridized carbons (Fsp3) is 1.00. The van der Waals surface area contributed by atoms with Crippen molar-refractivity contribution in [3.05, 3.63) is 0 Å². The molecule has 0 aliphatic carbocycles. The summed E-state index contributed by atoms with van der Waals surface area (Å²) in [5.41, 5.74) is 0. The average molecular weight is 267 g/mol. The predicted molar refractivity (Wildman–Crippen MR) is 77.5 cm³/mol. The molecule has 0 spiro atoms. The van der Waals surface area contributed by atoms with Gasteiger partial charge in [0.05, 0.1) is 6.61 Å².